The summed E-state index contributed by atoms with van der Waals surface area (Å²) in [5.41, 5.74) is 3.91. The molecule has 0 radical (unpaired) electrons. The Bertz CT molecular complexity index is 1170. The van der Waals surface area contributed by atoms with Gasteiger partial charge in [0.1, 0.15) is 10.8 Å². The van der Waals surface area contributed by atoms with Gasteiger partial charge in [0.2, 0.25) is 0 Å². The summed E-state index contributed by atoms with van der Waals surface area (Å²) in [4.78, 5) is 27.4. The van der Waals surface area contributed by atoms with Crippen LogP contribution in [0.5, 0.6) is 0 Å². The first-order valence-electron chi connectivity index (χ1n) is 11.2. The van der Waals surface area contributed by atoms with E-state index in [4.69, 9.17) is 0 Å². The van der Waals surface area contributed by atoms with Crippen molar-refractivity contribution in [1.82, 2.24) is 0 Å². The SMILES string of the molecule is Cc1ccc(NC(=O)c2c(NC(=O)c3ccc(F)cc3)sc3c2CCC(C(C)(C)C)C3)cc1. The zero-order valence-corrected chi connectivity index (χ0v) is 20.2. The Kier molecular flexibility index (Phi) is 6.39. The van der Waals surface area contributed by atoms with Crippen LogP contribution in [0.25, 0.3) is 0 Å². The molecule has 1 atom stereocenters. The lowest BCUT2D eigenvalue weighted by Crippen LogP contribution is -2.27. The molecule has 6 heteroatoms. The molecule has 0 saturated carbocycles. The Morgan fingerprint density at radius 3 is 2.27 bits per heavy atom. The third kappa shape index (κ3) is 5.17. The highest BCUT2D eigenvalue weighted by Gasteiger charge is 2.34. The molecule has 0 aliphatic heterocycles. The van der Waals surface area contributed by atoms with E-state index in [1.165, 1.54) is 35.6 Å². The average Bonchev–Trinajstić information content (AvgIpc) is 3.12. The predicted octanol–water partition coefficient (Wildman–Crippen LogP) is 6.85. The number of halogens is 1. The summed E-state index contributed by atoms with van der Waals surface area (Å²) in [6.07, 6.45) is 2.70. The molecule has 1 aliphatic carbocycles. The first-order chi connectivity index (χ1) is 15.6. The molecule has 4 nitrogen and oxygen atoms in total. The van der Waals surface area contributed by atoms with Crippen LogP contribution in [0.4, 0.5) is 15.1 Å². The molecule has 0 bridgehead atoms. The highest BCUT2D eigenvalue weighted by molar-refractivity contribution is 7.17. The molecule has 0 fully saturated rings. The molecule has 0 spiro atoms. The molecule has 33 heavy (non-hydrogen) atoms. The van der Waals surface area contributed by atoms with Crippen LogP contribution in [0.1, 0.15) is 63.9 Å². The second kappa shape index (κ2) is 9.10. The van der Waals surface area contributed by atoms with Gasteiger partial charge in [-0.1, -0.05) is 38.5 Å². The van der Waals surface area contributed by atoms with Crippen molar-refractivity contribution in [3.05, 3.63) is 81.5 Å². The minimum absolute atomic E-state index is 0.170. The van der Waals surface area contributed by atoms with Crippen molar-refractivity contribution in [2.75, 3.05) is 10.6 Å². The van der Waals surface area contributed by atoms with E-state index in [0.29, 0.717) is 27.7 Å². The van der Waals surface area contributed by atoms with Gasteiger partial charge < -0.3 is 10.6 Å². The molecule has 2 aromatic carbocycles. The molecule has 1 aromatic heterocycles. The van der Waals surface area contributed by atoms with Crippen LogP contribution < -0.4 is 10.6 Å². The van der Waals surface area contributed by atoms with Crippen LogP contribution in [0.3, 0.4) is 0 Å². The number of aryl methyl sites for hydroxylation is 1. The van der Waals surface area contributed by atoms with Crippen molar-refractivity contribution >= 4 is 33.8 Å². The highest BCUT2D eigenvalue weighted by Crippen LogP contribution is 2.44. The van der Waals surface area contributed by atoms with Crippen LogP contribution >= 0.6 is 11.3 Å². The van der Waals surface area contributed by atoms with Gasteiger partial charge in [-0.15, -0.1) is 11.3 Å². The van der Waals surface area contributed by atoms with Gasteiger partial charge in [0.05, 0.1) is 5.56 Å². The minimum Gasteiger partial charge on any atom is -0.322 e. The van der Waals surface area contributed by atoms with E-state index in [-0.39, 0.29) is 17.2 Å². The monoisotopic (exact) mass is 464 g/mol. The fourth-order valence-corrected chi connectivity index (χ4v) is 5.58. The molecule has 0 saturated heterocycles. The average molecular weight is 465 g/mol. The van der Waals surface area contributed by atoms with Crippen LogP contribution in [-0.2, 0) is 12.8 Å². The van der Waals surface area contributed by atoms with Crippen molar-refractivity contribution in [2.24, 2.45) is 11.3 Å². The topological polar surface area (TPSA) is 58.2 Å². The van der Waals surface area contributed by atoms with Gasteiger partial charge in [-0.05, 0) is 79.5 Å². The fraction of sp³-hybridized carbons (Fsp3) is 0.333. The Morgan fingerprint density at radius 2 is 1.64 bits per heavy atom. The van der Waals surface area contributed by atoms with E-state index in [9.17, 15) is 14.0 Å². The standard InChI is InChI=1S/C27H29FN2O2S/c1-16-5-12-20(13-6-16)29-25(32)23-21-14-9-18(27(2,3)4)15-22(21)33-26(23)30-24(31)17-7-10-19(28)11-8-17/h5-8,10-13,18H,9,14-15H2,1-4H3,(H,29,32)(H,30,31). The third-order valence-electron chi connectivity index (χ3n) is 6.36. The molecular formula is C27H29FN2O2S. The molecule has 4 rings (SSSR count). The largest absolute Gasteiger partial charge is 0.322 e. The van der Waals surface area contributed by atoms with Gasteiger partial charge in [0.25, 0.3) is 11.8 Å². The summed E-state index contributed by atoms with van der Waals surface area (Å²) in [5.74, 6) is -0.466. The molecular weight excluding hydrogens is 435 g/mol. The van der Waals surface area contributed by atoms with Crippen molar-refractivity contribution in [2.45, 2.75) is 47.0 Å². The number of amides is 2. The molecule has 1 aliphatic rings. The second-order valence-electron chi connectivity index (χ2n) is 9.79. The number of hydrogen-bond acceptors (Lipinski definition) is 3. The summed E-state index contributed by atoms with van der Waals surface area (Å²) < 4.78 is 13.3. The zero-order chi connectivity index (χ0) is 23.8. The number of benzene rings is 2. The van der Waals surface area contributed by atoms with Crippen molar-refractivity contribution in [3.63, 3.8) is 0 Å². The second-order valence-corrected chi connectivity index (χ2v) is 10.9. The lowest BCUT2D eigenvalue weighted by molar-refractivity contribution is 0.102. The lowest BCUT2D eigenvalue weighted by Gasteiger charge is -2.33. The van der Waals surface area contributed by atoms with Crippen LogP contribution in [0.2, 0.25) is 0 Å². The van der Waals surface area contributed by atoms with E-state index in [1.807, 2.05) is 31.2 Å². The number of carbonyl (C=O) groups is 2. The number of carbonyl (C=O) groups excluding carboxylic acids is 2. The van der Waals surface area contributed by atoms with Crippen LogP contribution in [-0.4, -0.2) is 11.8 Å². The van der Waals surface area contributed by atoms with E-state index in [1.54, 1.807) is 0 Å². The smallest absolute Gasteiger partial charge is 0.258 e. The lowest BCUT2D eigenvalue weighted by atomic mass is 9.72. The van der Waals surface area contributed by atoms with E-state index in [0.717, 1.165) is 35.3 Å². The maximum absolute atomic E-state index is 13.4. The number of thiophene rings is 1. The summed E-state index contributed by atoms with van der Waals surface area (Å²) in [7, 11) is 0. The van der Waals surface area contributed by atoms with Crippen LogP contribution in [0.15, 0.2) is 48.5 Å². The molecule has 3 aromatic rings. The molecule has 1 heterocycles. The van der Waals surface area contributed by atoms with Gasteiger partial charge in [0, 0.05) is 16.1 Å². The number of nitrogens with one attached hydrogen (secondary N) is 2. The fourth-order valence-electron chi connectivity index (χ4n) is 4.26. The summed E-state index contributed by atoms with van der Waals surface area (Å²) in [5, 5.41) is 6.47. The van der Waals surface area contributed by atoms with Gasteiger partial charge >= 0.3 is 0 Å². The highest BCUT2D eigenvalue weighted by atomic mass is 32.1. The van der Waals surface area contributed by atoms with Gasteiger partial charge in [-0.2, -0.15) is 0 Å². The summed E-state index contributed by atoms with van der Waals surface area (Å²) in [6, 6.07) is 13.0. The van der Waals surface area contributed by atoms with E-state index >= 15 is 0 Å². The first-order valence-corrected chi connectivity index (χ1v) is 12.0. The molecule has 2 N–H and O–H groups in total. The van der Waals surface area contributed by atoms with Gasteiger partial charge in [-0.3, -0.25) is 9.59 Å². The number of anilines is 2. The maximum Gasteiger partial charge on any atom is 0.258 e. The minimum atomic E-state index is -0.399. The van der Waals surface area contributed by atoms with Gasteiger partial charge in [0.15, 0.2) is 0 Å². The van der Waals surface area contributed by atoms with Crippen molar-refractivity contribution in [1.29, 1.82) is 0 Å². The molecule has 2 amide bonds. The zero-order valence-electron chi connectivity index (χ0n) is 19.4. The normalized spacial score (nSPS) is 15.6. The first kappa shape index (κ1) is 23.2. The molecule has 172 valence electrons. The van der Waals surface area contributed by atoms with Gasteiger partial charge in [-0.25, -0.2) is 4.39 Å². The number of fused-ring (bicyclic) bond motifs is 1. The number of rotatable bonds is 4. The van der Waals surface area contributed by atoms with E-state index < -0.39 is 5.82 Å². The Morgan fingerprint density at radius 1 is 0.970 bits per heavy atom. The maximum atomic E-state index is 13.4. The molecule has 1 unspecified atom stereocenters. The predicted molar refractivity (Wildman–Crippen MR) is 133 cm³/mol. The Hall–Kier alpha value is -2.99. The van der Waals surface area contributed by atoms with Crippen molar-refractivity contribution in [3.8, 4) is 0 Å². The van der Waals surface area contributed by atoms with E-state index in [2.05, 4.69) is 31.4 Å². The van der Waals surface area contributed by atoms with Crippen LogP contribution in [0, 0.1) is 24.1 Å². The number of hydrogen-bond donors (Lipinski definition) is 2. The summed E-state index contributed by atoms with van der Waals surface area (Å²) in [6.45, 7) is 8.74. The summed E-state index contributed by atoms with van der Waals surface area (Å²) >= 11 is 1.48. The third-order valence-corrected chi connectivity index (χ3v) is 7.53. The quantitative estimate of drug-likeness (QED) is 0.443. The Labute approximate surface area is 198 Å². The van der Waals surface area contributed by atoms with Crippen molar-refractivity contribution < 1.29 is 14.0 Å². The Balaban J connectivity index is 1.67.